The van der Waals surface area contributed by atoms with E-state index >= 15 is 0 Å². The lowest BCUT2D eigenvalue weighted by molar-refractivity contribution is -0.124. The topological polar surface area (TPSA) is 74.8 Å². The van der Waals surface area contributed by atoms with E-state index in [1.54, 1.807) is 0 Å². The number of guanidine groups is 1. The van der Waals surface area contributed by atoms with Crippen LogP contribution in [0.2, 0.25) is 0 Å². The van der Waals surface area contributed by atoms with Crippen molar-refractivity contribution in [2.45, 2.75) is 59.1 Å². The number of rotatable bonds is 9. The molecule has 1 aliphatic rings. The maximum atomic E-state index is 12.2. The van der Waals surface area contributed by atoms with Gasteiger partial charge in [-0.15, -0.1) is 0 Å². The summed E-state index contributed by atoms with van der Waals surface area (Å²) in [7, 11) is 0. The molecule has 1 aromatic carbocycles. The Labute approximate surface area is 163 Å². The number of nitrogens with zero attached hydrogens (tertiary/aromatic N) is 1. The van der Waals surface area contributed by atoms with Crippen molar-refractivity contribution in [3.63, 3.8) is 0 Å². The molecular weight excluding hydrogens is 340 g/mol. The third-order valence-corrected chi connectivity index (χ3v) is 4.89. The van der Waals surface area contributed by atoms with Gasteiger partial charge in [-0.25, -0.2) is 4.99 Å². The molecule has 1 saturated heterocycles. The number of ether oxygens (including phenoxy) is 1. The summed E-state index contributed by atoms with van der Waals surface area (Å²) in [5.41, 5.74) is 1.85. The molecule has 1 unspecified atom stereocenters. The van der Waals surface area contributed by atoms with Crippen molar-refractivity contribution in [1.82, 2.24) is 10.6 Å². The van der Waals surface area contributed by atoms with Gasteiger partial charge in [0.2, 0.25) is 0 Å². The lowest BCUT2D eigenvalue weighted by Gasteiger charge is -2.16. The summed E-state index contributed by atoms with van der Waals surface area (Å²) in [4.78, 5) is 16.9. The molecule has 2 rings (SSSR count). The zero-order valence-electron chi connectivity index (χ0n) is 16.9. The standard InChI is InChI=1S/C21H34N4O2/c1-4-16(5-2)14-23-21(22-6-3)24-15-17-9-7-10-18(13-17)25-20(26)19-11-8-12-27-19/h7,9-10,13,16,19H,4-6,8,11-12,14-15H2,1-3H3,(H,25,26)(H2,22,23,24). The quantitative estimate of drug-likeness (QED) is 0.458. The molecule has 6 nitrogen and oxygen atoms in total. The molecule has 1 fully saturated rings. The van der Waals surface area contributed by atoms with Crippen LogP contribution in [0.1, 0.15) is 52.0 Å². The summed E-state index contributed by atoms with van der Waals surface area (Å²) in [6, 6.07) is 7.84. The molecule has 0 bridgehead atoms. The highest BCUT2D eigenvalue weighted by molar-refractivity contribution is 5.94. The second-order valence-electron chi connectivity index (χ2n) is 6.95. The van der Waals surface area contributed by atoms with Gasteiger partial charge in [0, 0.05) is 25.4 Å². The molecule has 0 aliphatic carbocycles. The average Bonchev–Trinajstić information content (AvgIpc) is 3.22. The predicted molar refractivity (Wildman–Crippen MR) is 111 cm³/mol. The van der Waals surface area contributed by atoms with Gasteiger partial charge in [0.05, 0.1) is 6.54 Å². The number of aliphatic imine (C=N–C) groups is 1. The molecule has 1 heterocycles. The number of nitrogens with one attached hydrogen (secondary N) is 3. The van der Waals surface area contributed by atoms with Gasteiger partial charge in [0.1, 0.15) is 6.10 Å². The molecule has 0 radical (unpaired) electrons. The molecular formula is C21H34N4O2. The zero-order chi connectivity index (χ0) is 19.5. The molecule has 1 amide bonds. The van der Waals surface area contributed by atoms with Crippen LogP contribution in [-0.2, 0) is 16.1 Å². The number of carbonyl (C=O) groups is 1. The van der Waals surface area contributed by atoms with Crippen molar-refractivity contribution in [3.8, 4) is 0 Å². The van der Waals surface area contributed by atoms with Crippen LogP contribution in [0.25, 0.3) is 0 Å². The number of anilines is 1. The summed E-state index contributed by atoms with van der Waals surface area (Å²) >= 11 is 0. The predicted octanol–water partition coefficient (Wildman–Crippen LogP) is 3.30. The van der Waals surface area contributed by atoms with Gasteiger partial charge in [-0.2, -0.15) is 0 Å². The molecule has 1 aliphatic heterocycles. The molecule has 1 atom stereocenters. The molecule has 6 heteroatoms. The Balaban J connectivity index is 1.93. The Morgan fingerprint density at radius 1 is 1.26 bits per heavy atom. The SMILES string of the molecule is CCNC(=NCc1cccc(NC(=O)C2CCCO2)c1)NCC(CC)CC. The van der Waals surface area contributed by atoms with Crippen LogP contribution in [-0.4, -0.2) is 37.7 Å². The van der Waals surface area contributed by atoms with Crippen molar-refractivity contribution in [3.05, 3.63) is 29.8 Å². The van der Waals surface area contributed by atoms with Crippen LogP contribution in [0.5, 0.6) is 0 Å². The number of benzene rings is 1. The van der Waals surface area contributed by atoms with Crippen LogP contribution in [0.4, 0.5) is 5.69 Å². The summed E-state index contributed by atoms with van der Waals surface area (Å²) in [6.45, 7) is 9.48. The summed E-state index contributed by atoms with van der Waals surface area (Å²) in [6.07, 6.45) is 3.75. The highest BCUT2D eigenvalue weighted by atomic mass is 16.5. The average molecular weight is 375 g/mol. The van der Waals surface area contributed by atoms with Gasteiger partial charge in [-0.05, 0) is 43.4 Å². The van der Waals surface area contributed by atoms with Crippen LogP contribution in [0.3, 0.4) is 0 Å². The van der Waals surface area contributed by atoms with Gasteiger partial charge in [-0.3, -0.25) is 4.79 Å². The summed E-state index contributed by atoms with van der Waals surface area (Å²) in [5, 5.41) is 9.67. The van der Waals surface area contributed by atoms with E-state index in [-0.39, 0.29) is 12.0 Å². The third kappa shape index (κ3) is 7.21. The van der Waals surface area contributed by atoms with Crippen LogP contribution < -0.4 is 16.0 Å². The minimum Gasteiger partial charge on any atom is -0.368 e. The molecule has 0 spiro atoms. The summed E-state index contributed by atoms with van der Waals surface area (Å²) < 4.78 is 5.44. The van der Waals surface area contributed by atoms with Gasteiger partial charge in [0.25, 0.3) is 5.91 Å². The normalized spacial score (nSPS) is 17.2. The minimum atomic E-state index is -0.318. The molecule has 0 saturated carbocycles. The second-order valence-corrected chi connectivity index (χ2v) is 6.95. The lowest BCUT2D eigenvalue weighted by atomic mass is 10.0. The smallest absolute Gasteiger partial charge is 0.253 e. The maximum Gasteiger partial charge on any atom is 0.253 e. The highest BCUT2D eigenvalue weighted by Crippen LogP contribution is 2.16. The second kappa shape index (κ2) is 11.6. The molecule has 1 aromatic rings. The number of hydrogen-bond acceptors (Lipinski definition) is 3. The van der Waals surface area contributed by atoms with Crippen molar-refractivity contribution in [2.24, 2.45) is 10.9 Å². The van der Waals surface area contributed by atoms with E-state index in [0.717, 1.165) is 56.0 Å². The van der Waals surface area contributed by atoms with E-state index in [4.69, 9.17) is 4.74 Å². The van der Waals surface area contributed by atoms with Crippen LogP contribution in [0, 0.1) is 5.92 Å². The van der Waals surface area contributed by atoms with Crippen molar-refractivity contribution >= 4 is 17.6 Å². The minimum absolute atomic E-state index is 0.0617. The van der Waals surface area contributed by atoms with Crippen LogP contribution >= 0.6 is 0 Å². The zero-order valence-corrected chi connectivity index (χ0v) is 16.9. The summed E-state index contributed by atoms with van der Waals surface area (Å²) in [5.74, 6) is 1.43. The van der Waals surface area contributed by atoms with E-state index < -0.39 is 0 Å². The van der Waals surface area contributed by atoms with E-state index in [1.807, 2.05) is 24.3 Å². The molecule has 3 N–H and O–H groups in total. The fourth-order valence-corrected chi connectivity index (χ4v) is 3.09. The maximum absolute atomic E-state index is 12.2. The van der Waals surface area contributed by atoms with Crippen molar-refractivity contribution in [1.29, 1.82) is 0 Å². The monoisotopic (exact) mass is 374 g/mol. The fraction of sp³-hybridized carbons (Fsp3) is 0.619. The van der Waals surface area contributed by atoms with Crippen molar-refractivity contribution in [2.75, 3.05) is 25.0 Å². The lowest BCUT2D eigenvalue weighted by Crippen LogP contribution is -2.39. The Bertz CT molecular complexity index is 608. The number of carbonyl (C=O) groups excluding carboxylic acids is 1. The molecule has 150 valence electrons. The third-order valence-electron chi connectivity index (χ3n) is 4.89. The Morgan fingerprint density at radius 3 is 2.74 bits per heavy atom. The molecule has 0 aromatic heterocycles. The largest absolute Gasteiger partial charge is 0.368 e. The first-order valence-electron chi connectivity index (χ1n) is 10.2. The Hall–Kier alpha value is -2.08. The Kier molecular flexibility index (Phi) is 9.11. The molecule has 27 heavy (non-hydrogen) atoms. The van der Waals surface area contributed by atoms with E-state index in [0.29, 0.717) is 19.1 Å². The Morgan fingerprint density at radius 2 is 2.07 bits per heavy atom. The van der Waals surface area contributed by atoms with E-state index in [9.17, 15) is 4.79 Å². The first-order valence-corrected chi connectivity index (χ1v) is 10.2. The van der Waals surface area contributed by atoms with Gasteiger partial charge in [0.15, 0.2) is 5.96 Å². The highest BCUT2D eigenvalue weighted by Gasteiger charge is 2.23. The van der Waals surface area contributed by atoms with Crippen molar-refractivity contribution < 1.29 is 9.53 Å². The van der Waals surface area contributed by atoms with E-state index in [2.05, 4.69) is 41.7 Å². The number of hydrogen-bond donors (Lipinski definition) is 3. The van der Waals surface area contributed by atoms with Gasteiger partial charge >= 0.3 is 0 Å². The van der Waals surface area contributed by atoms with Gasteiger partial charge < -0.3 is 20.7 Å². The first kappa shape index (κ1) is 21.2. The van der Waals surface area contributed by atoms with Crippen LogP contribution in [0.15, 0.2) is 29.3 Å². The first-order chi connectivity index (χ1) is 13.2. The number of amides is 1. The van der Waals surface area contributed by atoms with Gasteiger partial charge in [-0.1, -0.05) is 38.8 Å². The van der Waals surface area contributed by atoms with E-state index in [1.165, 1.54) is 0 Å². The fourth-order valence-electron chi connectivity index (χ4n) is 3.09.